The number of rotatable bonds is 3. The second-order valence-electron chi connectivity index (χ2n) is 5.36. The van der Waals surface area contributed by atoms with Gasteiger partial charge in [-0.1, -0.05) is 40.2 Å². The first-order valence-corrected chi connectivity index (χ1v) is 8.16. The molecule has 3 rings (SSSR count). The summed E-state index contributed by atoms with van der Waals surface area (Å²) in [6.45, 7) is 1.35. The second kappa shape index (κ2) is 6.12. The maximum atomic E-state index is 12.7. The van der Waals surface area contributed by atoms with Crippen LogP contribution in [0, 0.1) is 0 Å². The molecule has 4 nitrogen and oxygen atoms in total. The molecule has 110 valence electrons. The Morgan fingerprint density at radius 1 is 1.29 bits per heavy atom. The molecule has 1 aliphatic heterocycles. The van der Waals surface area contributed by atoms with Gasteiger partial charge < -0.3 is 10.1 Å². The molecule has 1 aromatic heterocycles. The van der Waals surface area contributed by atoms with Crippen molar-refractivity contribution >= 4 is 32.6 Å². The fourth-order valence-electron chi connectivity index (χ4n) is 2.65. The smallest absolute Gasteiger partial charge is 0.270 e. The van der Waals surface area contributed by atoms with Crippen molar-refractivity contribution in [3.8, 4) is 0 Å². The molecule has 1 aromatic carbocycles. The lowest BCUT2D eigenvalue weighted by molar-refractivity contribution is 0.0441. The van der Waals surface area contributed by atoms with E-state index in [2.05, 4.69) is 26.2 Å². The van der Waals surface area contributed by atoms with Gasteiger partial charge in [-0.3, -0.25) is 9.78 Å². The van der Waals surface area contributed by atoms with Gasteiger partial charge in [-0.05, 0) is 24.3 Å². The Morgan fingerprint density at radius 2 is 2.05 bits per heavy atom. The summed E-state index contributed by atoms with van der Waals surface area (Å²) in [6.07, 6.45) is 3.31. The third kappa shape index (κ3) is 2.94. The molecule has 2 aromatic rings. The highest BCUT2D eigenvalue weighted by Gasteiger charge is 2.33. The van der Waals surface area contributed by atoms with Gasteiger partial charge in [0.1, 0.15) is 5.69 Å². The van der Waals surface area contributed by atoms with Gasteiger partial charge in [-0.25, -0.2) is 0 Å². The first kappa shape index (κ1) is 14.5. The first-order valence-electron chi connectivity index (χ1n) is 7.04. The van der Waals surface area contributed by atoms with Gasteiger partial charge in [0.25, 0.3) is 5.91 Å². The molecule has 1 aliphatic rings. The Morgan fingerprint density at radius 3 is 2.81 bits per heavy atom. The zero-order chi connectivity index (χ0) is 14.7. The highest BCUT2D eigenvalue weighted by Crippen LogP contribution is 2.24. The normalized spacial score (nSPS) is 17.6. The van der Waals surface area contributed by atoms with Crippen LogP contribution in [0.15, 0.2) is 36.5 Å². The molecule has 0 unspecified atom stereocenters. The van der Waals surface area contributed by atoms with Gasteiger partial charge in [0.05, 0.1) is 5.54 Å². The number of fused-ring (bicyclic) bond motifs is 1. The van der Waals surface area contributed by atoms with Crippen molar-refractivity contribution in [2.75, 3.05) is 18.5 Å². The van der Waals surface area contributed by atoms with Gasteiger partial charge in [0, 0.05) is 30.1 Å². The molecule has 0 aliphatic carbocycles. The number of alkyl halides is 1. The average molecular weight is 349 g/mol. The number of pyridine rings is 1. The van der Waals surface area contributed by atoms with Crippen LogP contribution in [0.25, 0.3) is 10.8 Å². The Labute approximate surface area is 132 Å². The van der Waals surface area contributed by atoms with Crippen molar-refractivity contribution in [2.45, 2.75) is 18.4 Å². The van der Waals surface area contributed by atoms with Crippen molar-refractivity contribution < 1.29 is 9.53 Å². The van der Waals surface area contributed by atoms with Crippen molar-refractivity contribution in [1.82, 2.24) is 10.3 Å². The molecule has 1 amide bonds. The number of aromatic nitrogens is 1. The predicted molar refractivity (Wildman–Crippen MR) is 85.8 cm³/mol. The molecule has 0 spiro atoms. The summed E-state index contributed by atoms with van der Waals surface area (Å²) in [5, 5.41) is 5.79. The minimum Gasteiger partial charge on any atom is -0.381 e. The van der Waals surface area contributed by atoms with Crippen molar-refractivity contribution in [3.63, 3.8) is 0 Å². The highest BCUT2D eigenvalue weighted by atomic mass is 79.9. The zero-order valence-corrected chi connectivity index (χ0v) is 13.2. The molecule has 0 saturated carbocycles. The molecule has 1 fully saturated rings. The van der Waals surface area contributed by atoms with Crippen LogP contribution in [0.4, 0.5) is 0 Å². The van der Waals surface area contributed by atoms with Gasteiger partial charge in [0.15, 0.2) is 0 Å². The van der Waals surface area contributed by atoms with Crippen LogP contribution >= 0.6 is 15.9 Å². The first-order chi connectivity index (χ1) is 10.2. The Balaban J connectivity index is 1.90. The topological polar surface area (TPSA) is 51.2 Å². The third-order valence-electron chi connectivity index (χ3n) is 3.97. The van der Waals surface area contributed by atoms with Gasteiger partial charge in [0.2, 0.25) is 0 Å². The van der Waals surface area contributed by atoms with E-state index in [1.165, 1.54) is 0 Å². The molecule has 1 N–H and O–H groups in total. The summed E-state index contributed by atoms with van der Waals surface area (Å²) in [5.74, 6) is -0.117. The number of hydrogen-bond donors (Lipinski definition) is 1. The van der Waals surface area contributed by atoms with E-state index in [-0.39, 0.29) is 11.4 Å². The van der Waals surface area contributed by atoms with E-state index in [9.17, 15) is 4.79 Å². The second-order valence-corrected chi connectivity index (χ2v) is 5.92. The molecule has 2 heterocycles. The van der Waals surface area contributed by atoms with Crippen molar-refractivity contribution in [2.24, 2.45) is 0 Å². The number of amides is 1. The van der Waals surface area contributed by atoms with Crippen molar-refractivity contribution in [1.29, 1.82) is 0 Å². The molecule has 0 radical (unpaired) electrons. The summed E-state index contributed by atoms with van der Waals surface area (Å²) in [5.41, 5.74) is 0.244. The van der Waals surface area contributed by atoms with Crippen LogP contribution in [-0.4, -0.2) is 35.0 Å². The highest BCUT2D eigenvalue weighted by molar-refractivity contribution is 9.09. The molecule has 21 heavy (non-hydrogen) atoms. The molecular weight excluding hydrogens is 332 g/mol. The van der Waals surface area contributed by atoms with E-state index in [1.807, 2.05) is 30.3 Å². The fourth-order valence-corrected chi connectivity index (χ4v) is 3.36. The SMILES string of the molecule is O=C(NC1(CBr)CCOCC1)c1nccc2ccccc12. The van der Waals surface area contributed by atoms with Crippen LogP contribution in [0.2, 0.25) is 0 Å². The van der Waals surface area contributed by atoms with E-state index in [0.717, 1.165) is 28.9 Å². The lowest BCUT2D eigenvalue weighted by atomic mass is 9.92. The third-order valence-corrected chi connectivity index (χ3v) is 5.05. The summed E-state index contributed by atoms with van der Waals surface area (Å²) >= 11 is 3.53. The Hall–Kier alpha value is -1.46. The molecular formula is C16H17BrN2O2. The van der Waals surface area contributed by atoms with Crippen LogP contribution < -0.4 is 5.32 Å². The van der Waals surface area contributed by atoms with Crippen LogP contribution in [-0.2, 0) is 4.74 Å². The molecule has 5 heteroatoms. The van der Waals surface area contributed by atoms with E-state index < -0.39 is 0 Å². The van der Waals surface area contributed by atoms with E-state index in [0.29, 0.717) is 18.9 Å². The summed E-state index contributed by atoms with van der Waals surface area (Å²) in [7, 11) is 0. The standard InChI is InChI=1S/C16H17BrN2O2/c17-11-16(6-9-21-10-7-16)19-15(20)14-13-4-2-1-3-12(13)5-8-18-14/h1-5,8H,6-7,9-11H2,(H,19,20). The minimum absolute atomic E-state index is 0.117. The number of halogens is 1. The number of carbonyl (C=O) groups excluding carboxylic acids is 1. The number of nitrogens with one attached hydrogen (secondary N) is 1. The Bertz CT molecular complexity index is 648. The quantitative estimate of drug-likeness (QED) is 0.867. The number of ether oxygens (including phenoxy) is 1. The van der Waals surface area contributed by atoms with E-state index in [1.54, 1.807) is 6.20 Å². The van der Waals surface area contributed by atoms with Crippen LogP contribution in [0.5, 0.6) is 0 Å². The molecule has 1 saturated heterocycles. The average Bonchev–Trinajstić information content (AvgIpc) is 2.55. The zero-order valence-electron chi connectivity index (χ0n) is 11.6. The van der Waals surface area contributed by atoms with E-state index >= 15 is 0 Å². The summed E-state index contributed by atoms with van der Waals surface area (Å²) in [4.78, 5) is 16.9. The van der Waals surface area contributed by atoms with Crippen LogP contribution in [0.1, 0.15) is 23.3 Å². The van der Waals surface area contributed by atoms with Gasteiger partial charge >= 0.3 is 0 Å². The van der Waals surface area contributed by atoms with Gasteiger partial charge in [-0.2, -0.15) is 0 Å². The van der Waals surface area contributed by atoms with E-state index in [4.69, 9.17) is 4.74 Å². The molecule has 0 bridgehead atoms. The van der Waals surface area contributed by atoms with Crippen LogP contribution in [0.3, 0.4) is 0 Å². The fraction of sp³-hybridized carbons (Fsp3) is 0.375. The van der Waals surface area contributed by atoms with Crippen molar-refractivity contribution in [3.05, 3.63) is 42.2 Å². The largest absolute Gasteiger partial charge is 0.381 e. The number of carbonyl (C=O) groups is 1. The summed E-state index contributed by atoms with van der Waals surface area (Å²) in [6, 6.07) is 9.73. The number of hydrogen-bond acceptors (Lipinski definition) is 3. The monoisotopic (exact) mass is 348 g/mol. The maximum absolute atomic E-state index is 12.7. The number of benzene rings is 1. The van der Waals surface area contributed by atoms with Gasteiger partial charge in [-0.15, -0.1) is 0 Å². The lowest BCUT2D eigenvalue weighted by Gasteiger charge is -2.36. The lowest BCUT2D eigenvalue weighted by Crippen LogP contribution is -2.53. The minimum atomic E-state index is -0.242. The molecule has 0 atom stereocenters. The number of nitrogens with zero attached hydrogens (tertiary/aromatic N) is 1. The summed E-state index contributed by atoms with van der Waals surface area (Å²) < 4.78 is 5.40. The maximum Gasteiger partial charge on any atom is 0.270 e. The predicted octanol–water partition coefficient (Wildman–Crippen LogP) is 2.91. The Kier molecular flexibility index (Phi) is 4.22.